The van der Waals surface area contributed by atoms with Gasteiger partial charge < -0.3 is 15.9 Å². The normalized spacial score (nSPS) is 16.4. The molecule has 0 fully saturated rings. The second kappa shape index (κ2) is 4.52. The number of rotatable bonds is 2. The Morgan fingerprint density at radius 2 is 2.06 bits per heavy atom. The number of amides is 3. The molecule has 0 saturated carbocycles. The Labute approximate surface area is 103 Å². The fourth-order valence-corrected chi connectivity index (χ4v) is 2.14. The van der Waals surface area contributed by atoms with Crippen LogP contribution in [0.25, 0.3) is 0 Å². The van der Waals surface area contributed by atoms with Crippen LogP contribution < -0.4 is 16.9 Å². The average molecular weight is 250 g/mol. The molecule has 0 atom stereocenters. The zero-order valence-corrected chi connectivity index (χ0v) is 9.95. The molecule has 0 aliphatic heterocycles. The van der Waals surface area contributed by atoms with Crippen molar-refractivity contribution in [2.75, 3.05) is 0 Å². The van der Waals surface area contributed by atoms with Gasteiger partial charge in [0.15, 0.2) is 5.76 Å². The lowest BCUT2D eigenvalue weighted by Gasteiger charge is -2.12. The van der Waals surface area contributed by atoms with E-state index in [-0.39, 0.29) is 5.76 Å². The first-order valence-electron chi connectivity index (χ1n) is 5.55. The maximum Gasteiger partial charge on any atom is 0.332 e. The first kappa shape index (κ1) is 12.2. The molecule has 5 N–H and O–H groups in total. The molecule has 1 aromatic rings. The summed E-state index contributed by atoms with van der Waals surface area (Å²) in [5.74, 6) is 0.218. The molecule has 0 aromatic carbocycles. The topological polar surface area (TPSA) is 124 Å². The summed E-state index contributed by atoms with van der Waals surface area (Å²) >= 11 is 0. The fourth-order valence-electron chi connectivity index (χ4n) is 2.14. The molecular formula is C11H14N4O3. The number of carbonyl (C=O) groups excluding carboxylic acids is 2. The summed E-state index contributed by atoms with van der Waals surface area (Å²) in [6.07, 6.45) is 2.24. The van der Waals surface area contributed by atoms with Gasteiger partial charge in [-0.1, -0.05) is 0 Å². The molecule has 0 unspecified atom stereocenters. The van der Waals surface area contributed by atoms with Gasteiger partial charge in [-0.15, -0.1) is 0 Å². The Kier molecular flexibility index (Phi) is 3.05. The van der Waals surface area contributed by atoms with Crippen LogP contribution in [0.15, 0.2) is 9.52 Å². The third-order valence-corrected chi connectivity index (χ3v) is 2.85. The second-order valence-corrected chi connectivity index (χ2v) is 4.11. The van der Waals surface area contributed by atoms with E-state index in [0.717, 1.165) is 18.4 Å². The van der Waals surface area contributed by atoms with Crippen LogP contribution in [0.4, 0.5) is 4.79 Å². The van der Waals surface area contributed by atoms with Gasteiger partial charge in [0.25, 0.3) is 5.91 Å². The zero-order chi connectivity index (χ0) is 13.3. The maximum atomic E-state index is 11.2. The molecule has 1 aliphatic rings. The Morgan fingerprint density at radius 3 is 2.67 bits per heavy atom. The van der Waals surface area contributed by atoms with Crippen molar-refractivity contribution in [2.24, 2.45) is 16.6 Å². The monoisotopic (exact) mass is 250 g/mol. The van der Waals surface area contributed by atoms with Gasteiger partial charge in [-0.25, -0.2) is 10.2 Å². The Bertz CT molecular complexity index is 545. The SMILES string of the molecule is Cc1c(C(N)=O)oc2c1/C(=N/NC(N)=O)CCC2. The third-order valence-electron chi connectivity index (χ3n) is 2.85. The van der Waals surface area contributed by atoms with Gasteiger partial charge >= 0.3 is 6.03 Å². The molecule has 18 heavy (non-hydrogen) atoms. The molecule has 0 radical (unpaired) electrons. The number of nitrogens with zero attached hydrogens (tertiary/aromatic N) is 1. The van der Waals surface area contributed by atoms with Crippen molar-refractivity contribution >= 4 is 17.6 Å². The minimum Gasteiger partial charge on any atom is -0.455 e. The van der Waals surface area contributed by atoms with Gasteiger partial charge in [-0.3, -0.25) is 4.79 Å². The van der Waals surface area contributed by atoms with E-state index in [1.807, 2.05) is 0 Å². The molecule has 3 amide bonds. The maximum absolute atomic E-state index is 11.2. The Hall–Kier alpha value is -2.31. The van der Waals surface area contributed by atoms with Gasteiger partial charge in [-0.05, 0) is 19.8 Å². The standard InChI is InChI=1S/C11H14N4O3/c1-5-8-6(14-15-11(13)17)3-2-4-7(8)18-9(5)10(12)16/h2-4H2,1H3,(H2,12,16)(H3,13,15,17)/b14-6+. The first-order chi connectivity index (χ1) is 8.50. The number of aryl methyl sites for hydroxylation is 1. The minimum absolute atomic E-state index is 0.147. The van der Waals surface area contributed by atoms with Crippen LogP contribution in [0.3, 0.4) is 0 Å². The lowest BCUT2D eigenvalue weighted by atomic mass is 9.93. The smallest absolute Gasteiger partial charge is 0.332 e. The van der Waals surface area contributed by atoms with Gasteiger partial charge in [0.05, 0.1) is 5.71 Å². The number of furan rings is 1. The third kappa shape index (κ3) is 2.06. The van der Waals surface area contributed by atoms with Crippen molar-refractivity contribution in [1.29, 1.82) is 0 Å². The van der Waals surface area contributed by atoms with Crippen LogP contribution >= 0.6 is 0 Å². The van der Waals surface area contributed by atoms with Crippen molar-refractivity contribution in [3.63, 3.8) is 0 Å². The van der Waals surface area contributed by atoms with Crippen LogP contribution in [-0.4, -0.2) is 17.6 Å². The molecular weight excluding hydrogens is 236 g/mol. The lowest BCUT2D eigenvalue weighted by molar-refractivity contribution is 0.0971. The molecule has 0 saturated heterocycles. The van der Waals surface area contributed by atoms with E-state index in [1.54, 1.807) is 6.92 Å². The molecule has 1 aromatic heterocycles. The molecule has 0 spiro atoms. The van der Waals surface area contributed by atoms with Crippen LogP contribution in [0.1, 0.15) is 40.3 Å². The van der Waals surface area contributed by atoms with Crippen molar-refractivity contribution in [3.05, 3.63) is 22.6 Å². The molecule has 7 nitrogen and oxygen atoms in total. The number of fused-ring (bicyclic) bond motifs is 1. The highest BCUT2D eigenvalue weighted by Gasteiger charge is 2.26. The lowest BCUT2D eigenvalue weighted by Crippen LogP contribution is -2.27. The van der Waals surface area contributed by atoms with E-state index in [4.69, 9.17) is 15.9 Å². The van der Waals surface area contributed by atoms with Crippen LogP contribution in [0, 0.1) is 6.92 Å². The number of hydrogen-bond donors (Lipinski definition) is 3. The minimum atomic E-state index is -0.731. The predicted molar refractivity (Wildman–Crippen MR) is 64.2 cm³/mol. The summed E-state index contributed by atoms with van der Waals surface area (Å²) in [6.45, 7) is 1.74. The summed E-state index contributed by atoms with van der Waals surface area (Å²) in [7, 11) is 0. The summed E-state index contributed by atoms with van der Waals surface area (Å²) in [5, 5.41) is 3.94. The molecule has 7 heteroatoms. The second-order valence-electron chi connectivity index (χ2n) is 4.11. The van der Waals surface area contributed by atoms with E-state index in [1.165, 1.54) is 0 Å². The Morgan fingerprint density at radius 1 is 1.33 bits per heavy atom. The highest BCUT2D eigenvalue weighted by molar-refractivity contribution is 6.06. The Balaban J connectivity index is 2.45. The summed E-state index contributed by atoms with van der Waals surface area (Å²) in [6, 6.07) is -0.731. The van der Waals surface area contributed by atoms with Gasteiger partial charge in [0, 0.05) is 17.5 Å². The predicted octanol–water partition coefficient (Wildman–Crippen LogP) is 0.396. The molecule has 1 heterocycles. The molecule has 2 rings (SSSR count). The van der Waals surface area contributed by atoms with Gasteiger partial charge in [0.2, 0.25) is 0 Å². The largest absolute Gasteiger partial charge is 0.455 e. The number of nitrogens with two attached hydrogens (primary N) is 2. The van der Waals surface area contributed by atoms with Crippen LogP contribution in [-0.2, 0) is 6.42 Å². The van der Waals surface area contributed by atoms with E-state index < -0.39 is 11.9 Å². The number of primary amides is 2. The fraction of sp³-hybridized carbons (Fsp3) is 0.364. The molecule has 1 aliphatic carbocycles. The summed E-state index contributed by atoms with van der Waals surface area (Å²) in [5.41, 5.74) is 14.5. The highest BCUT2D eigenvalue weighted by atomic mass is 16.4. The van der Waals surface area contributed by atoms with Crippen molar-refractivity contribution in [2.45, 2.75) is 26.2 Å². The van der Waals surface area contributed by atoms with Gasteiger partial charge in [0.1, 0.15) is 5.76 Å². The number of carbonyl (C=O) groups is 2. The van der Waals surface area contributed by atoms with E-state index in [9.17, 15) is 9.59 Å². The van der Waals surface area contributed by atoms with Crippen LogP contribution in [0.5, 0.6) is 0 Å². The average Bonchev–Trinajstić information content (AvgIpc) is 2.65. The van der Waals surface area contributed by atoms with Crippen molar-refractivity contribution in [1.82, 2.24) is 5.43 Å². The highest BCUT2D eigenvalue weighted by Crippen LogP contribution is 2.29. The number of hydrazone groups is 1. The summed E-state index contributed by atoms with van der Waals surface area (Å²) in [4.78, 5) is 21.9. The number of nitrogens with one attached hydrogen (secondary N) is 1. The molecule has 96 valence electrons. The number of hydrogen-bond acceptors (Lipinski definition) is 4. The van der Waals surface area contributed by atoms with E-state index in [0.29, 0.717) is 23.5 Å². The number of urea groups is 1. The van der Waals surface area contributed by atoms with Crippen LogP contribution in [0.2, 0.25) is 0 Å². The quantitative estimate of drug-likeness (QED) is 0.658. The van der Waals surface area contributed by atoms with Gasteiger partial charge in [-0.2, -0.15) is 5.10 Å². The first-order valence-corrected chi connectivity index (χ1v) is 5.55. The van der Waals surface area contributed by atoms with Crippen molar-refractivity contribution in [3.8, 4) is 0 Å². The summed E-state index contributed by atoms with van der Waals surface area (Å²) < 4.78 is 5.44. The molecule has 0 bridgehead atoms. The van der Waals surface area contributed by atoms with Crippen molar-refractivity contribution < 1.29 is 14.0 Å². The zero-order valence-electron chi connectivity index (χ0n) is 9.95. The van der Waals surface area contributed by atoms with E-state index >= 15 is 0 Å². The van der Waals surface area contributed by atoms with E-state index in [2.05, 4.69) is 10.5 Å².